The molecule has 27 heavy (non-hydrogen) atoms. The van der Waals surface area contributed by atoms with Crippen molar-refractivity contribution in [2.45, 2.75) is 50.7 Å². The van der Waals surface area contributed by atoms with Gasteiger partial charge in [-0.15, -0.1) is 0 Å². The topological polar surface area (TPSA) is 58.8 Å². The van der Waals surface area contributed by atoms with Crippen LogP contribution in [-0.2, 0) is 9.53 Å². The molecule has 0 bridgehead atoms. The largest absolute Gasteiger partial charge is 0.461 e. The van der Waals surface area contributed by atoms with Crippen LogP contribution in [0.3, 0.4) is 0 Å². The molecule has 146 valence electrons. The summed E-state index contributed by atoms with van der Waals surface area (Å²) in [4.78, 5) is 17.8. The zero-order valence-electron chi connectivity index (χ0n) is 16.1. The zero-order chi connectivity index (χ0) is 18.6. The Hall–Kier alpha value is -1.92. The highest BCUT2D eigenvalue weighted by molar-refractivity contribution is 5.87. The maximum Gasteiger partial charge on any atom is 0.331 e. The first-order valence-electron chi connectivity index (χ1n) is 10.2. The van der Waals surface area contributed by atoms with Gasteiger partial charge in [-0.1, -0.05) is 30.1 Å². The van der Waals surface area contributed by atoms with Crippen LogP contribution in [0.25, 0.3) is 10.9 Å². The van der Waals surface area contributed by atoms with Gasteiger partial charge in [0.1, 0.15) is 11.6 Å². The number of piperidine rings is 1. The van der Waals surface area contributed by atoms with Crippen LogP contribution in [-0.4, -0.2) is 60.3 Å². The van der Waals surface area contributed by atoms with E-state index in [1.54, 1.807) is 0 Å². The molecule has 0 saturated carbocycles. The summed E-state index contributed by atoms with van der Waals surface area (Å²) in [6, 6.07) is 7.30. The molecule has 2 saturated heterocycles. The average Bonchev–Trinajstić information content (AvgIpc) is 2.91. The predicted molar refractivity (Wildman–Crippen MR) is 103 cm³/mol. The lowest BCUT2D eigenvalue weighted by Gasteiger charge is -2.32. The Morgan fingerprint density at radius 3 is 2.56 bits per heavy atom. The van der Waals surface area contributed by atoms with E-state index in [-0.39, 0.29) is 12.1 Å². The number of rotatable bonds is 4. The minimum absolute atomic E-state index is 0.00244. The van der Waals surface area contributed by atoms with E-state index >= 15 is 0 Å². The first-order chi connectivity index (χ1) is 13.2. The molecule has 6 nitrogen and oxygen atoms in total. The van der Waals surface area contributed by atoms with Gasteiger partial charge in [0.15, 0.2) is 11.8 Å². The lowest BCUT2D eigenvalue weighted by atomic mass is 10.1. The molecule has 0 amide bonds. The van der Waals surface area contributed by atoms with Gasteiger partial charge in [-0.2, -0.15) is 0 Å². The van der Waals surface area contributed by atoms with Crippen LogP contribution in [0, 0.1) is 0 Å². The lowest BCUT2D eigenvalue weighted by Crippen LogP contribution is -2.40. The average molecular weight is 371 g/mol. The maximum atomic E-state index is 13.3. The van der Waals surface area contributed by atoms with Crippen molar-refractivity contribution in [1.29, 1.82) is 0 Å². The van der Waals surface area contributed by atoms with Crippen LogP contribution in [0.4, 0.5) is 0 Å². The molecular weight excluding hydrogens is 342 g/mol. The second-order valence-corrected chi connectivity index (χ2v) is 7.86. The van der Waals surface area contributed by atoms with E-state index in [0.717, 1.165) is 62.8 Å². The highest BCUT2D eigenvalue weighted by Gasteiger charge is 2.36. The van der Waals surface area contributed by atoms with Crippen molar-refractivity contribution in [1.82, 2.24) is 15.0 Å². The molecule has 3 heterocycles. The molecule has 2 fully saturated rings. The number of carbonyl (C=O) groups excluding carboxylic acids is 1. The molecule has 0 radical (unpaired) electrons. The fourth-order valence-corrected chi connectivity index (χ4v) is 4.21. The van der Waals surface area contributed by atoms with Gasteiger partial charge in [0.2, 0.25) is 0 Å². The number of esters is 1. The van der Waals surface area contributed by atoms with Crippen LogP contribution >= 0.6 is 0 Å². The van der Waals surface area contributed by atoms with Crippen LogP contribution in [0.2, 0.25) is 0 Å². The van der Waals surface area contributed by atoms with Crippen molar-refractivity contribution in [2.75, 3.05) is 33.2 Å². The van der Waals surface area contributed by atoms with Crippen molar-refractivity contribution >= 4 is 16.9 Å². The zero-order valence-corrected chi connectivity index (χ0v) is 16.1. The molecular formula is C21H29N3O3. The normalized spacial score (nSPS) is 21.8. The second-order valence-electron chi connectivity index (χ2n) is 7.86. The molecule has 0 N–H and O–H groups in total. The Labute approximate surface area is 160 Å². The number of ether oxygens (including phenoxy) is 1. The van der Waals surface area contributed by atoms with Crippen LogP contribution in [0.1, 0.15) is 50.3 Å². The molecule has 2 aliphatic heterocycles. The van der Waals surface area contributed by atoms with Gasteiger partial charge in [0.25, 0.3) is 0 Å². The Bertz CT molecular complexity index is 759. The number of fused-ring (bicyclic) bond motifs is 1. The smallest absolute Gasteiger partial charge is 0.331 e. The summed E-state index contributed by atoms with van der Waals surface area (Å²) in [5.41, 5.74) is 0.791. The Kier molecular flexibility index (Phi) is 5.74. The Balaban J connectivity index is 1.60. The number of hydrogen-bond acceptors (Lipinski definition) is 6. The molecule has 6 heteroatoms. The number of carbonyl (C=O) groups is 1. The summed E-state index contributed by atoms with van der Waals surface area (Å²) < 4.78 is 11.7. The molecule has 2 aromatic rings. The standard InChI is InChI=1S/C21H29N3O3/c1-23-14-10-16(11-15-23)26-21(25)19(24-12-6-2-3-7-13-24)20-17-8-4-5-9-18(17)22-27-20/h4-5,8-9,16,19H,2-3,6-7,10-15H2,1H3. The van der Waals surface area contributed by atoms with Crippen LogP contribution < -0.4 is 0 Å². The molecule has 2 aliphatic rings. The van der Waals surface area contributed by atoms with Crippen molar-refractivity contribution in [3.8, 4) is 0 Å². The first kappa shape index (κ1) is 18.4. The van der Waals surface area contributed by atoms with Crippen LogP contribution in [0.15, 0.2) is 28.8 Å². The van der Waals surface area contributed by atoms with E-state index in [9.17, 15) is 4.79 Å². The third-order valence-corrected chi connectivity index (χ3v) is 5.84. The quantitative estimate of drug-likeness (QED) is 0.768. The minimum Gasteiger partial charge on any atom is -0.461 e. The molecule has 0 spiro atoms. The number of benzene rings is 1. The summed E-state index contributed by atoms with van der Waals surface area (Å²) in [6.07, 6.45) is 6.42. The molecule has 0 aliphatic carbocycles. The summed E-state index contributed by atoms with van der Waals surface area (Å²) >= 11 is 0. The Morgan fingerprint density at radius 1 is 1.11 bits per heavy atom. The fourth-order valence-electron chi connectivity index (χ4n) is 4.21. The van der Waals surface area contributed by atoms with E-state index < -0.39 is 6.04 Å². The lowest BCUT2D eigenvalue weighted by molar-refractivity contribution is -0.158. The Morgan fingerprint density at radius 2 is 1.81 bits per heavy atom. The predicted octanol–water partition coefficient (Wildman–Crippen LogP) is 3.38. The van der Waals surface area contributed by atoms with Crippen molar-refractivity contribution in [2.24, 2.45) is 0 Å². The third kappa shape index (κ3) is 4.17. The summed E-state index contributed by atoms with van der Waals surface area (Å²) in [6.45, 7) is 3.72. The number of hydrogen-bond donors (Lipinski definition) is 0. The summed E-state index contributed by atoms with van der Waals surface area (Å²) in [5, 5.41) is 5.09. The van der Waals surface area contributed by atoms with Crippen molar-refractivity contribution in [3.63, 3.8) is 0 Å². The highest BCUT2D eigenvalue weighted by Crippen LogP contribution is 2.32. The number of likely N-dealkylation sites (tertiary alicyclic amines) is 2. The van der Waals surface area contributed by atoms with Gasteiger partial charge in [-0.05, 0) is 58.0 Å². The molecule has 1 aromatic carbocycles. The SMILES string of the molecule is CN1CCC(OC(=O)C(c2onc3ccccc23)N2CCCCCC2)CC1. The third-order valence-electron chi connectivity index (χ3n) is 5.84. The van der Waals surface area contributed by atoms with Crippen molar-refractivity contribution in [3.05, 3.63) is 30.0 Å². The first-order valence-corrected chi connectivity index (χ1v) is 10.2. The minimum atomic E-state index is -0.504. The van der Waals surface area contributed by atoms with E-state index in [2.05, 4.69) is 22.0 Å². The summed E-state index contributed by atoms with van der Waals surface area (Å²) in [5.74, 6) is 0.443. The van der Waals surface area contributed by atoms with E-state index in [1.807, 2.05) is 24.3 Å². The van der Waals surface area contributed by atoms with Gasteiger partial charge in [0.05, 0.1) is 0 Å². The maximum absolute atomic E-state index is 13.3. The fraction of sp³-hybridized carbons (Fsp3) is 0.619. The van der Waals surface area contributed by atoms with Crippen molar-refractivity contribution < 1.29 is 14.1 Å². The molecule has 1 aromatic heterocycles. The van der Waals surface area contributed by atoms with E-state index in [4.69, 9.17) is 9.26 Å². The molecule has 4 rings (SSSR count). The van der Waals surface area contributed by atoms with Gasteiger partial charge in [0, 0.05) is 18.5 Å². The van der Waals surface area contributed by atoms with Crippen LogP contribution in [0.5, 0.6) is 0 Å². The molecule has 1 unspecified atom stereocenters. The van der Waals surface area contributed by atoms with E-state index in [0.29, 0.717) is 5.76 Å². The van der Waals surface area contributed by atoms with E-state index in [1.165, 1.54) is 12.8 Å². The monoisotopic (exact) mass is 371 g/mol. The van der Waals surface area contributed by atoms with Gasteiger partial charge in [-0.3, -0.25) is 4.90 Å². The number of aromatic nitrogens is 1. The van der Waals surface area contributed by atoms with Gasteiger partial charge < -0.3 is 14.2 Å². The summed E-state index contributed by atoms with van der Waals surface area (Å²) in [7, 11) is 2.11. The number of nitrogens with zero attached hydrogens (tertiary/aromatic N) is 3. The van der Waals surface area contributed by atoms with Gasteiger partial charge in [-0.25, -0.2) is 4.79 Å². The second kappa shape index (κ2) is 8.40. The molecule has 1 atom stereocenters. The van der Waals surface area contributed by atoms with Gasteiger partial charge >= 0.3 is 5.97 Å². The highest BCUT2D eigenvalue weighted by atomic mass is 16.5.